The quantitative estimate of drug-likeness (QED) is 0.857. The molecule has 2 aromatic rings. The van der Waals surface area contributed by atoms with Crippen LogP contribution in [0.15, 0.2) is 30.6 Å². The lowest BCUT2D eigenvalue weighted by molar-refractivity contribution is 0.0933. The molecule has 138 valence electrons. The van der Waals surface area contributed by atoms with Crippen molar-refractivity contribution < 1.29 is 14.3 Å². The Hall–Kier alpha value is -2.83. The van der Waals surface area contributed by atoms with E-state index >= 15 is 0 Å². The van der Waals surface area contributed by atoms with E-state index in [2.05, 4.69) is 22.2 Å². The van der Waals surface area contributed by atoms with Crippen LogP contribution in [0.25, 0.3) is 0 Å². The summed E-state index contributed by atoms with van der Waals surface area (Å²) < 4.78 is 11.2. The van der Waals surface area contributed by atoms with Gasteiger partial charge in [0.05, 0.1) is 11.6 Å². The van der Waals surface area contributed by atoms with Crippen molar-refractivity contribution in [2.45, 2.75) is 25.8 Å². The minimum absolute atomic E-state index is 0.114. The Morgan fingerprint density at radius 3 is 2.54 bits per heavy atom. The predicted octanol–water partition coefficient (Wildman–Crippen LogP) is 2.59. The van der Waals surface area contributed by atoms with Crippen molar-refractivity contribution in [1.29, 1.82) is 0 Å². The van der Waals surface area contributed by atoms with E-state index in [4.69, 9.17) is 9.47 Å². The first-order chi connectivity index (χ1) is 12.6. The SMILES string of the molecule is CCC[C@@H](NC(=O)c1cnc(N(C)C)nc1)c1ccc2c(c1)OCCO2. The van der Waals surface area contributed by atoms with Crippen LogP contribution in [0, 0.1) is 0 Å². The Labute approximate surface area is 153 Å². The molecule has 3 rings (SSSR count). The lowest BCUT2D eigenvalue weighted by atomic mass is 10.0. The molecule has 1 amide bonds. The average molecular weight is 356 g/mol. The van der Waals surface area contributed by atoms with Gasteiger partial charge in [0.25, 0.3) is 5.91 Å². The van der Waals surface area contributed by atoms with Gasteiger partial charge >= 0.3 is 0 Å². The zero-order chi connectivity index (χ0) is 18.5. The van der Waals surface area contributed by atoms with Crippen molar-refractivity contribution in [3.63, 3.8) is 0 Å². The number of nitrogens with one attached hydrogen (secondary N) is 1. The standard InChI is InChI=1S/C19H24N4O3/c1-4-5-15(13-6-7-16-17(10-13)26-9-8-25-16)22-18(24)14-11-20-19(21-12-14)23(2)3/h6-7,10-12,15H,4-5,8-9H2,1-3H3,(H,22,24)/t15-/m1/s1. The molecule has 1 atom stereocenters. The van der Waals surface area contributed by atoms with E-state index in [9.17, 15) is 4.79 Å². The smallest absolute Gasteiger partial charge is 0.254 e. The predicted molar refractivity (Wildman–Crippen MR) is 98.9 cm³/mol. The van der Waals surface area contributed by atoms with Gasteiger partial charge in [-0.1, -0.05) is 19.4 Å². The van der Waals surface area contributed by atoms with Crippen LogP contribution in [-0.2, 0) is 0 Å². The second-order valence-corrected chi connectivity index (χ2v) is 6.38. The van der Waals surface area contributed by atoms with E-state index in [0.29, 0.717) is 24.7 Å². The molecule has 0 fully saturated rings. The summed E-state index contributed by atoms with van der Waals surface area (Å²) >= 11 is 0. The summed E-state index contributed by atoms with van der Waals surface area (Å²) in [5, 5.41) is 3.08. The highest BCUT2D eigenvalue weighted by atomic mass is 16.6. The van der Waals surface area contributed by atoms with E-state index in [-0.39, 0.29) is 11.9 Å². The van der Waals surface area contributed by atoms with E-state index in [1.165, 1.54) is 0 Å². The monoisotopic (exact) mass is 356 g/mol. The highest BCUT2D eigenvalue weighted by molar-refractivity contribution is 5.94. The molecule has 7 heteroatoms. The summed E-state index contributed by atoms with van der Waals surface area (Å²) in [6.45, 7) is 3.19. The first kappa shape index (κ1) is 18.0. The highest BCUT2D eigenvalue weighted by Gasteiger charge is 2.19. The number of carbonyl (C=O) groups is 1. The molecule has 1 aliphatic rings. The fraction of sp³-hybridized carbons (Fsp3) is 0.421. The van der Waals surface area contributed by atoms with Gasteiger partial charge in [-0.15, -0.1) is 0 Å². The van der Waals surface area contributed by atoms with Crippen molar-refractivity contribution in [3.8, 4) is 11.5 Å². The summed E-state index contributed by atoms with van der Waals surface area (Å²) in [5.74, 6) is 1.85. The van der Waals surface area contributed by atoms with Gasteiger partial charge in [-0.2, -0.15) is 0 Å². The Balaban J connectivity index is 1.76. The molecule has 0 unspecified atom stereocenters. The fourth-order valence-electron chi connectivity index (χ4n) is 2.80. The first-order valence-electron chi connectivity index (χ1n) is 8.78. The number of anilines is 1. The second kappa shape index (κ2) is 8.03. The van der Waals surface area contributed by atoms with Crippen molar-refractivity contribution in [3.05, 3.63) is 41.7 Å². The minimum Gasteiger partial charge on any atom is -0.486 e. The number of fused-ring (bicyclic) bond motifs is 1. The van der Waals surface area contributed by atoms with Crippen LogP contribution in [0.3, 0.4) is 0 Å². The zero-order valence-electron chi connectivity index (χ0n) is 15.4. The second-order valence-electron chi connectivity index (χ2n) is 6.38. The number of hydrogen-bond donors (Lipinski definition) is 1. The Kier molecular flexibility index (Phi) is 5.55. The van der Waals surface area contributed by atoms with Crippen molar-refractivity contribution >= 4 is 11.9 Å². The molecule has 0 spiro atoms. The van der Waals surface area contributed by atoms with E-state index < -0.39 is 0 Å². The van der Waals surface area contributed by atoms with Gasteiger partial charge in [-0.3, -0.25) is 4.79 Å². The molecule has 7 nitrogen and oxygen atoms in total. The Morgan fingerprint density at radius 2 is 1.88 bits per heavy atom. The number of amides is 1. The van der Waals surface area contributed by atoms with Gasteiger partial charge in [-0.05, 0) is 24.1 Å². The zero-order valence-corrected chi connectivity index (χ0v) is 15.4. The summed E-state index contributed by atoms with van der Waals surface area (Å²) in [7, 11) is 3.71. The van der Waals surface area contributed by atoms with Crippen LogP contribution in [0.4, 0.5) is 5.95 Å². The molecule has 0 aliphatic carbocycles. The molecular weight excluding hydrogens is 332 g/mol. The number of benzene rings is 1. The van der Waals surface area contributed by atoms with E-state index in [1.54, 1.807) is 17.3 Å². The maximum atomic E-state index is 12.6. The topological polar surface area (TPSA) is 76.6 Å². The molecule has 0 saturated carbocycles. The maximum absolute atomic E-state index is 12.6. The number of hydrogen-bond acceptors (Lipinski definition) is 6. The van der Waals surface area contributed by atoms with Crippen LogP contribution < -0.4 is 19.7 Å². The summed E-state index contributed by atoms with van der Waals surface area (Å²) in [6, 6.07) is 5.70. The molecule has 1 aromatic heterocycles. The van der Waals surface area contributed by atoms with Gasteiger partial charge in [0.15, 0.2) is 11.5 Å². The van der Waals surface area contributed by atoms with Crippen molar-refractivity contribution in [2.24, 2.45) is 0 Å². The Bertz CT molecular complexity index is 762. The van der Waals surface area contributed by atoms with Gasteiger partial charge in [0.2, 0.25) is 5.95 Å². The highest BCUT2D eigenvalue weighted by Crippen LogP contribution is 2.33. The van der Waals surface area contributed by atoms with Gasteiger partial charge in [0, 0.05) is 26.5 Å². The van der Waals surface area contributed by atoms with Crippen LogP contribution in [0.5, 0.6) is 11.5 Å². The first-order valence-corrected chi connectivity index (χ1v) is 8.78. The maximum Gasteiger partial charge on any atom is 0.254 e. The van der Waals surface area contributed by atoms with Crippen LogP contribution >= 0.6 is 0 Å². The van der Waals surface area contributed by atoms with Gasteiger partial charge < -0.3 is 19.7 Å². The average Bonchev–Trinajstić information content (AvgIpc) is 2.67. The molecular formula is C19H24N4O3. The lowest BCUT2D eigenvalue weighted by Crippen LogP contribution is -2.29. The Morgan fingerprint density at radius 1 is 1.19 bits per heavy atom. The number of rotatable bonds is 6. The van der Waals surface area contributed by atoms with Crippen LogP contribution in [0.1, 0.15) is 41.7 Å². The molecule has 1 aliphatic heterocycles. The number of aromatic nitrogens is 2. The summed E-state index contributed by atoms with van der Waals surface area (Å²) in [4.78, 5) is 22.8. The fourth-order valence-corrected chi connectivity index (χ4v) is 2.80. The normalized spacial score (nSPS) is 13.8. The third kappa shape index (κ3) is 4.04. The van der Waals surface area contributed by atoms with E-state index in [0.717, 1.165) is 29.9 Å². The molecule has 1 aromatic carbocycles. The lowest BCUT2D eigenvalue weighted by Gasteiger charge is -2.23. The van der Waals surface area contributed by atoms with Crippen LogP contribution in [0.2, 0.25) is 0 Å². The van der Waals surface area contributed by atoms with Crippen molar-refractivity contribution in [2.75, 3.05) is 32.2 Å². The van der Waals surface area contributed by atoms with Gasteiger partial charge in [0.1, 0.15) is 13.2 Å². The van der Waals surface area contributed by atoms with E-state index in [1.807, 2.05) is 32.3 Å². The van der Waals surface area contributed by atoms with Gasteiger partial charge in [-0.25, -0.2) is 9.97 Å². The summed E-state index contributed by atoms with van der Waals surface area (Å²) in [6.07, 6.45) is 4.85. The molecule has 26 heavy (non-hydrogen) atoms. The largest absolute Gasteiger partial charge is 0.486 e. The molecule has 1 N–H and O–H groups in total. The minimum atomic E-state index is -0.191. The molecule has 2 heterocycles. The number of carbonyl (C=O) groups excluding carboxylic acids is 1. The number of ether oxygens (including phenoxy) is 2. The summed E-state index contributed by atoms with van der Waals surface area (Å²) in [5.41, 5.74) is 1.43. The molecule has 0 radical (unpaired) electrons. The molecule has 0 bridgehead atoms. The van der Waals surface area contributed by atoms with Crippen molar-refractivity contribution in [1.82, 2.24) is 15.3 Å². The third-order valence-corrected chi connectivity index (χ3v) is 4.15. The molecule has 0 saturated heterocycles. The third-order valence-electron chi connectivity index (χ3n) is 4.15. The van der Waals surface area contributed by atoms with Crippen LogP contribution in [-0.4, -0.2) is 43.2 Å². The number of nitrogens with zero attached hydrogens (tertiary/aromatic N) is 3.